The topological polar surface area (TPSA) is 89.1 Å². The van der Waals surface area contributed by atoms with Crippen molar-refractivity contribution in [2.45, 2.75) is 51.3 Å². The molecule has 1 N–H and O–H groups in total. The molecule has 0 radical (unpaired) electrons. The molecule has 0 saturated carbocycles. The van der Waals surface area contributed by atoms with Crippen LogP contribution in [0.3, 0.4) is 0 Å². The number of aromatic nitrogens is 5. The van der Waals surface area contributed by atoms with Gasteiger partial charge in [-0.05, 0) is 25.3 Å². The smallest absolute Gasteiger partial charge is 0.274 e. The van der Waals surface area contributed by atoms with Gasteiger partial charge in [0.15, 0.2) is 0 Å². The number of aliphatic hydroxyl groups is 1. The van der Waals surface area contributed by atoms with Gasteiger partial charge in [-0.2, -0.15) is 5.10 Å². The first-order valence-corrected chi connectivity index (χ1v) is 8.45. The maximum absolute atomic E-state index is 12.7. The lowest BCUT2D eigenvalue weighted by Gasteiger charge is -2.22. The Labute approximate surface area is 141 Å². The Morgan fingerprint density at radius 3 is 2.83 bits per heavy atom. The van der Waals surface area contributed by atoms with Gasteiger partial charge < -0.3 is 10.0 Å². The van der Waals surface area contributed by atoms with Crippen molar-refractivity contribution in [1.82, 2.24) is 29.7 Å². The normalized spacial score (nSPS) is 20.9. The van der Waals surface area contributed by atoms with Crippen molar-refractivity contribution in [2.24, 2.45) is 0 Å². The number of rotatable bonds is 6. The molecule has 1 unspecified atom stereocenters. The molecule has 3 rings (SSSR count). The van der Waals surface area contributed by atoms with Gasteiger partial charge in [0, 0.05) is 18.9 Å². The van der Waals surface area contributed by atoms with E-state index < -0.39 is 5.60 Å². The van der Waals surface area contributed by atoms with Crippen molar-refractivity contribution in [2.75, 3.05) is 13.1 Å². The van der Waals surface area contributed by atoms with Crippen LogP contribution in [0, 0.1) is 0 Å². The molecule has 2 aromatic rings. The predicted octanol–water partition coefficient (Wildman–Crippen LogP) is 1.11. The first-order chi connectivity index (χ1) is 11.5. The molecule has 0 spiro atoms. The van der Waals surface area contributed by atoms with Crippen molar-refractivity contribution in [3.63, 3.8) is 0 Å². The first kappa shape index (κ1) is 16.6. The summed E-state index contributed by atoms with van der Waals surface area (Å²) in [5.74, 6) is -0.130. The second kappa shape index (κ2) is 6.72. The molecule has 0 aliphatic carbocycles. The summed E-state index contributed by atoms with van der Waals surface area (Å²) in [4.78, 5) is 14.3. The highest BCUT2D eigenvalue weighted by Crippen LogP contribution is 2.24. The molecule has 1 aliphatic heterocycles. The maximum atomic E-state index is 12.7. The highest BCUT2D eigenvalue weighted by Gasteiger charge is 2.39. The van der Waals surface area contributed by atoms with Gasteiger partial charge in [-0.25, -0.2) is 4.68 Å². The molecule has 0 bridgehead atoms. The van der Waals surface area contributed by atoms with Gasteiger partial charge in [0.1, 0.15) is 11.3 Å². The van der Waals surface area contributed by atoms with E-state index in [4.69, 9.17) is 0 Å². The van der Waals surface area contributed by atoms with Crippen LogP contribution in [0.15, 0.2) is 24.7 Å². The number of β-amino-alcohol motifs (C(OH)–C–C–N with tert-alkyl or cyclic N) is 1. The number of amides is 1. The fraction of sp³-hybridized carbons (Fsp3) is 0.625. The monoisotopic (exact) mass is 332 g/mol. The van der Waals surface area contributed by atoms with Crippen LogP contribution in [-0.2, 0) is 6.54 Å². The Kier molecular flexibility index (Phi) is 4.66. The van der Waals surface area contributed by atoms with Crippen LogP contribution in [0.5, 0.6) is 0 Å². The van der Waals surface area contributed by atoms with E-state index in [1.54, 1.807) is 28.0 Å². The average molecular weight is 332 g/mol. The van der Waals surface area contributed by atoms with E-state index in [1.165, 1.54) is 0 Å². The molecule has 1 saturated heterocycles. The molecule has 1 atom stereocenters. The highest BCUT2D eigenvalue weighted by molar-refractivity contribution is 5.92. The largest absolute Gasteiger partial charge is 0.386 e. The summed E-state index contributed by atoms with van der Waals surface area (Å²) in [5, 5.41) is 22.8. The molecule has 1 aliphatic rings. The summed E-state index contributed by atoms with van der Waals surface area (Å²) in [6.07, 6.45) is 7.63. The lowest BCUT2D eigenvalue weighted by atomic mass is 10.0. The first-order valence-electron chi connectivity index (χ1n) is 8.45. The summed E-state index contributed by atoms with van der Waals surface area (Å²) in [7, 11) is 0. The van der Waals surface area contributed by atoms with E-state index in [1.807, 2.05) is 10.9 Å². The van der Waals surface area contributed by atoms with Crippen LogP contribution in [0.4, 0.5) is 0 Å². The summed E-state index contributed by atoms with van der Waals surface area (Å²) >= 11 is 0. The number of carbonyl (C=O) groups is 1. The Hall–Kier alpha value is -2.22. The molecule has 8 nitrogen and oxygen atoms in total. The number of nitrogens with zero attached hydrogens (tertiary/aromatic N) is 6. The van der Waals surface area contributed by atoms with Crippen LogP contribution in [0.2, 0.25) is 0 Å². The van der Waals surface area contributed by atoms with Gasteiger partial charge in [0.05, 0.1) is 25.3 Å². The molecule has 130 valence electrons. The summed E-state index contributed by atoms with van der Waals surface area (Å²) in [6, 6.07) is 2.07. The minimum absolute atomic E-state index is 0.130. The SMILES string of the molecule is CCC(CC)n1ccc(C(=O)N2CCC(O)(Cn3ccnn3)C2)n1. The van der Waals surface area contributed by atoms with Gasteiger partial charge in [0.2, 0.25) is 0 Å². The molecular formula is C16H24N6O2. The maximum Gasteiger partial charge on any atom is 0.274 e. The highest BCUT2D eigenvalue weighted by atomic mass is 16.3. The van der Waals surface area contributed by atoms with E-state index >= 15 is 0 Å². The second-order valence-corrected chi connectivity index (χ2v) is 6.45. The molecule has 0 aromatic carbocycles. The van der Waals surface area contributed by atoms with Crippen LogP contribution in [-0.4, -0.2) is 59.4 Å². The van der Waals surface area contributed by atoms with Crippen LogP contribution < -0.4 is 0 Å². The zero-order chi connectivity index (χ0) is 17.2. The zero-order valence-corrected chi connectivity index (χ0v) is 14.2. The van der Waals surface area contributed by atoms with Crippen molar-refractivity contribution < 1.29 is 9.90 Å². The summed E-state index contributed by atoms with van der Waals surface area (Å²) in [5.41, 5.74) is -0.534. The molecule has 24 heavy (non-hydrogen) atoms. The van der Waals surface area contributed by atoms with Crippen molar-refractivity contribution in [3.05, 3.63) is 30.4 Å². The number of carbonyl (C=O) groups excluding carboxylic acids is 1. The van der Waals surface area contributed by atoms with E-state index in [-0.39, 0.29) is 12.5 Å². The molecular weight excluding hydrogens is 308 g/mol. The number of hydrogen-bond acceptors (Lipinski definition) is 5. The Balaban J connectivity index is 1.66. The Morgan fingerprint density at radius 2 is 2.17 bits per heavy atom. The average Bonchev–Trinajstić information content (AvgIpc) is 3.30. The van der Waals surface area contributed by atoms with Gasteiger partial charge in [-0.3, -0.25) is 9.48 Å². The zero-order valence-electron chi connectivity index (χ0n) is 14.2. The van der Waals surface area contributed by atoms with Crippen molar-refractivity contribution >= 4 is 5.91 Å². The third-order valence-corrected chi connectivity index (χ3v) is 4.69. The Bertz CT molecular complexity index is 679. The van der Waals surface area contributed by atoms with E-state index in [0.29, 0.717) is 31.2 Å². The molecule has 3 heterocycles. The standard InChI is InChI=1S/C16H24N6O2/c1-3-13(4-2)22-8-5-14(18-22)15(23)20-9-6-16(24,11-20)12-21-10-7-17-19-21/h5,7-8,10,13,24H,3-4,6,9,11-12H2,1-2H3. The minimum atomic E-state index is -0.971. The third kappa shape index (κ3) is 3.33. The van der Waals surface area contributed by atoms with Gasteiger partial charge in [-0.15, -0.1) is 5.10 Å². The summed E-state index contributed by atoms with van der Waals surface area (Å²) < 4.78 is 3.46. The molecule has 2 aromatic heterocycles. The van der Waals surface area contributed by atoms with E-state index in [2.05, 4.69) is 29.3 Å². The summed E-state index contributed by atoms with van der Waals surface area (Å²) in [6.45, 7) is 5.36. The van der Waals surface area contributed by atoms with Crippen LogP contribution >= 0.6 is 0 Å². The fourth-order valence-electron chi connectivity index (χ4n) is 3.26. The van der Waals surface area contributed by atoms with Gasteiger partial charge in [-0.1, -0.05) is 19.1 Å². The number of hydrogen-bond donors (Lipinski definition) is 1. The predicted molar refractivity (Wildman–Crippen MR) is 87.3 cm³/mol. The van der Waals surface area contributed by atoms with Gasteiger partial charge >= 0.3 is 0 Å². The quantitative estimate of drug-likeness (QED) is 0.856. The second-order valence-electron chi connectivity index (χ2n) is 6.45. The molecule has 1 amide bonds. The van der Waals surface area contributed by atoms with E-state index in [9.17, 15) is 9.90 Å². The lowest BCUT2D eigenvalue weighted by molar-refractivity contribution is 0.0265. The minimum Gasteiger partial charge on any atom is -0.386 e. The van der Waals surface area contributed by atoms with E-state index in [0.717, 1.165) is 12.8 Å². The third-order valence-electron chi connectivity index (χ3n) is 4.69. The van der Waals surface area contributed by atoms with Crippen molar-refractivity contribution in [3.8, 4) is 0 Å². The van der Waals surface area contributed by atoms with Crippen molar-refractivity contribution in [1.29, 1.82) is 0 Å². The molecule has 1 fully saturated rings. The van der Waals surface area contributed by atoms with Gasteiger partial charge in [0.25, 0.3) is 5.91 Å². The Morgan fingerprint density at radius 1 is 1.38 bits per heavy atom. The fourth-order valence-corrected chi connectivity index (χ4v) is 3.26. The molecule has 8 heteroatoms. The number of likely N-dealkylation sites (tertiary alicyclic amines) is 1. The lowest BCUT2D eigenvalue weighted by Crippen LogP contribution is -2.39. The van der Waals surface area contributed by atoms with Crippen LogP contribution in [0.1, 0.15) is 49.6 Å². The van der Waals surface area contributed by atoms with Crippen LogP contribution in [0.25, 0.3) is 0 Å².